The van der Waals surface area contributed by atoms with Crippen LogP contribution in [-0.4, -0.2) is 13.1 Å². The average molecular weight is 330 g/mol. The molecule has 0 radical (unpaired) electrons. The molecule has 2 nitrogen and oxygen atoms in total. The first-order valence-electron chi connectivity index (χ1n) is 5.56. The van der Waals surface area contributed by atoms with Crippen LogP contribution in [0.2, 0.25) is 0 Å². The normalized spacial score (nSPS) is 14.9. The molecule has 0 aliphatic heterocycles. The summed E-state index contributed by atoms with van der Waals surface area (Å²) < 4.78 is 5.92. The smallest absolute Gasteiger partial charge is 0.305 e. The monoisotopic (exact) mass is 330 g/mol. The maximum absolute atomic E-state index is 11.1. The minimum absolute atomic E-state index is 0.124. The topological polar surface area (TPSA) is 26.3 Å². The van der Waals surface area contributed by atoms with Crippen LogP contribution in [0.3, 0.4) is 0 Å². The van der Waals surface area contributed by atoms with E-state index >= 15 is 0 Å². The molecule has 3 heteroatoms. The first kappa shape index (κ1) is 11.9. The molecule has 0 N–H and O–H groups in total. The molecule has 0 unspecified atom stereocenters. The number of esters is 1. The Kier molecular flexibility index (Phi) is 3.84. The van der Waals surface area contributed by atoms with Gasteiger partial charge in [0.1, 0.15) is 0 Å². The van der Waals surface area contributed by atoms with Crippen molar-refractivity contribution < 1.29 is 9.53 Å². The van der Waals surface area contributed by atoms with E-state index in [2.05, 4.69) is 45.5 Å². The van der Waals surface area contributed by atoms with Gasteiger partial charge in [-0.1, -0.05) is 6.07 Å². The molecule has 1 saturated carbocycles. The number of halogens is 1. The Balaban J connectivity index is 2.11. The van der Waals surface area contributed by atoms with Crippen LogP contribution in [0.1, 0.15) is 36.3 Å². The zero-order chi connectivity index (χ0) is 11.5. The van der Waals surface area contributed by atoms with Crippen molar-refractivity contribution in [3.8, 4) is 0 Å². The molecule has 0 atom stereocenters. The molecule has 2 rings (SSSR count). The van der Waals surface area contributed by atoms with Gasteiger partial charge < -0.3 is 4.74 Å². The second kappa shape index (κ2) is 5.17. The van der Waals surface area contributed by atoms with Crippen LogP contribution in [0.25, 0.3) is 0 Å². The number of rotatable bonds is 4. The molecule has 1 aromatic carbocycles. The lowest BCUT2D eigenvalue weighted by Crippen LogP contribution is -2.03. The van der Waals surface area contributed by atoms with Crippen LogP contribution in [0.15, 0.2) is 18.2 Å². The van der Waals surface area contributed by atoms with E-state index in [-0.39, 0.29) is 5.97 Å². The predicted octanol–water partition coefficient (Wildman–Crippen LogP) is 3.27. The van der Waals surface area contributed by atoms with Gasteiger partial charge in [-0.2, -0.15) is 0 Å². The Hall–Kier alpha value is -0.580. The van der Waals surface area contributed by atoms with E-state index in [1.165, 1.54) is 34.6 Å². The number of aryl methyl sites for hydroxylation is 1. The first-order valence-corrected chi connectivity index (χ1v) is 6.63. The highest BCUT2D eigenvalue weighted by molar-refractivity contribution is 14.1. The average Bonchev–Trinajstić information content (AvgIpc) is 3.10. The van der Waals surface area contributed by atoms with Crippen LogP contribution in [0.4, 0.5) is 0 Å². The van der Waals surface area contributed by atoms with Crippen molar-refractivity contribution in [1.29, 1.82) is 0 Å². The number of carbonyl (C=O) groups excluding carboxylic acids is 1. The third-order valence-electron chi connectivity index (χ3n) is 2.95. The minimum atomic E-state index is -0.124. The van der Waals surface area contributed by atoms with Gasteiger partial charge in [0.05, 0.1) is 7.11 Å². The summed E-state index contributed by atoms with van der Waals surface area (Å²) in [6, 6.07) is 6.55. The van der Waals surface area contributed by atoms with Crippen molar-refractivity contribution in [2.75, 3.05) is 7.11 Å². The summed E-state index contributed by atoms with van der Waals surface area (Å²) in [5, 5.41) is 0. The lowest BCUT2D eigenvalue weighted by atomic mass is 9.99. The maximum Gasteiger partial charge on any atom is 0.305 e. The lowest BCUT2D eigenvalue weighted by molar-refractivity contribution is -0.140. The third-order valence-corrected chi connectivity index (χ3v) is 3.62. The summed E-state index contributed by atoms with van der Waals surface area (Å²) in [7, 11) is 1.44. The third kappa shape index (κ3) is 2.97. The number of ether oxygens (including phenoxy) is 1. The van der Waals surface area contributed by atoms with E-state index < -0.39 is 0 Å². The summed E-state index contributed by atoms with van der Waals surface area (Å²) in [4.78, 5) is 11.1. The highest BCUT2D eigenvalue weighted by Gasteiger charge is 2.25. The number of methoxy groups -OCH3 is 1. The fourth-order valence-corrected chi connectivity index (χ4v) is 2.48. The zero-order valence-electron chi connectivity index (χ0n) is 9.33. The molecule has 0 aromatic heterocycles. The molecule has 0 spiro atoms. The Bertz CT molecular complexity index is 397. The molecule has 16 heavy (non-hydrogen) atoms. The molecule has 0 bridgehead atoms. The number of carbonyl (C=O) groups is 1. The van der Waals surface area contributed by atoms with Crippen molar-refractivity contribution in [1.82, 2.24) is 0 Å². The molecule has 0 amide bonds. The van der Waals surface area contributed by atoms with Gasteiger partial charge in [-0.25, -0.2) is 0 Å². The molecule has 86 valence electrons. The number of hydrogen-bond acceptors (Lipinski definition) is 2. The summed E-state index contributed by atoms with van der Waals surface area (Å²) in [5.41, 5.74) is 2.75. The quantitative estimate of drug-likeness (QED) is 0.626. The fourth-order valence-electron chi connectivity index (χ4n) is 1.92. The van der Waals surface area contributed by atoms with Gasteiger partial charge in [0.25, 0.3) is 0 Å². The van der Waals surface area contributed by atoms with Crippen LogP contribution >= 0.6 is 22.6 Å². The highest BCUT2D eigenvalue weighted by atomic mass is 127. The fraction of sp³-hybridized carbons (Fsp3) is 0.462. The van der Waals surface area contributed by atoms with E-state index in [1.807, 2.05) is 0 Å². The molecular formula is C13H15IO2. The van der Waals surface area contributed by atoms with E-state index in [4.69, 9.17) is 0 Å². The summed E-state index contributed by atoms with van der Waals surface area (Å²) in [6.07, 6.45) is 3.88. The van der Waals surface area contributed by atoms with E-state index in [0.717, 1.165) is 12.3 Å². The first-order chi connectivity index (χ1) is 7.70. The Morgan fingerprint density at radius 1 is 1.50 bits per heavy atom. The predicted molar refractivity (Wildman–Crippen MR) is 71.5 cm³/mol. The summed E-state index contributed by atoms with van der Waals surface area (Å²) in [6.45, 7) is 0. The number of hydrogen-bond donors (Lipinski definition) is 0. The molecule has 0 heterocycles. The highest BCUT2D eigenvalue weighted by Crippen LogP contribution is 2.42. The zero-order valence-corrected chi connectivity index (χ0v) is 11.5. The van der Waals surface area contributed by atoms with Crippen LogP contribution in [0, 0.1) is 3.57 Å². The minimum Gasteiger partial charge on any atom is -0.469 e. The SMILES string of the molecule is COC(=O)CCc1cc(I)ccc1C1CC1. The van der Waals surface area contributed by atoms with Crippen LogP contribution in [0.5, 0.6) is 0 Å². The molecule has 1 fully saturated rings. The van der Waals surface area contributed by atoms with E-state index in [0.29, 0.717) is 6.42 Å². The second-order valence-corrected chi connectivity index (χ2v) is 5.44. The van der Waals surface area contributed by atoms with Crippen LogP contribution in [-0.2, 0) is 16.0 Å². The van der Waals surface area contributed by atoms with Crippen molar-refractivity contribution in [2.45, 2.75) is 31.6 Å². The molecular weight excluding hydrogens is 315 g/mol. The van der Waals surface area contributed by atoms with Gasteiger partial charge in [-0.3, -0.25) is 4.79 Å². The van der Waals surface area contributed by atoms with E-state index in [9.17, 15) is 4.79 Å². The number of benzene rings is 1. The molecule has 1 aliphatic carbocycles. The Morgan fingerprint density at radius 3 is 2.88 bits per heavy atom. The van der Waals surface area contributed by atoms with Gasteiger partial charge in [0, 0.05) is 9.99 Å². The largest absolute Gasteiger partial charge is 0.469 e. The van der Waals surface area contributed by atoms with Crippen molar-refractivity contribution in [3.63, 3.8) is 0 Å². The Morgan fingerprint density at radius 2 is 2.25 bits per heavy atom. The molecule has 1 aliphatic rings. The van der Waals surface area contributed by atoms with Crippen LogP contribution < -0.4 is 0 Å². The van der Waals surface area contributed by atoms with Crippen molar-refractivity contribution in [3.05, 3.63) is 32.9 Å². The van der Waals surface area contributed by atoms with Gasteiger partial charge in [-0.15, -0.1) is 0 Å². The lowest BCUT2D eigenvalue weighted by Gasteiger charge is -2.08. The molecule has 0 saturated heterocycles. The van der Waals surface area contributed by atoms with Gasteiger partial charge >= 0.3 is 5.97 Å². The standard InChI is InChI=1S/C13H15IO2/c1-16-13(15)7-4-10-8-11(14)5-6-12(10)9-2-3-9/h5-6,8-9H,2-4,7H2,1H3. The van der Waals surface area contributed by atoms with E-state index in [1.54, 1.807) is 0 Å². The van der Waals surface area contributed by atoms with Crippen molar-refractivity contribution >= 4 is 28.6 Å². The summed E-state index contributed by atoms with van der Waals surface area (Å²) >= 11 is 2.32. The summed E-state index contributed by atoms with van der Waals surface area (Å²) in [5.74, 6) is 0.616. The van der Waals surface area contributed by atoms with Crippen molar-refractivity contribution in [2.24, 2.45) is 0 Å². The Labute approximate surface area is 110 Å². The van der Waals surface area contributed by atoms with Gasteiger partial charge in [0.2, 0.25) is 0 Å². The van der Waals surface area contributed by atoms with Gasteiger partial charge in [-0.05, 0) is 71.0 Å². The van der Waals surface area contributed by atoms with Gasteiger partial charge in [0.15, 0.2) is 0 Å². The molecule has 1 aromatic rings. The maximum atomic E-state index is 11.1. The second-order valence-electron chi connectivity index (χ2n) is 4.19.